The number of hydrogen-bond acceptors (Lipinski definition) is 3. The monoisotopic (exact) mass is 175 g/mol. The van der Waals surface area contributed by atoms with Crippen LogP contribution in [-0.2, 0) is 0 Å². The summed E-state index contributed by atoms with van der Waals surface area (Å²) in [6.45, 7) is 1.72. The summed E-state index contributed by atoms with van der Waals surface area (Å²) in [5.41, 5.74) is 7.13. The lowest BCUT2D eigenvalue weighted by Gasteiger charge is -1.98. The molecule has 0 saturated carbocycles. The van der Waals surface area contributed by atoms with Gasteiger partial charge in [-0.1, -0.05) is 0 Å². The zero-order valence-corrected chi connectivity index (χ0v) is 7.20. The maximum atomic E-state index is 11.1. The molecular weight excluding hydrogens is 166 g/mol. The van der Waals surface area contributed by atoms with Crippen molar-refractivity contribution in [3.8, 4) is 0 Å². The first-order chi connectivity index (χ1) is 6.16. The average Bonchev–Trinajstić information content (AvgIpc) is 2.08. The molecule has 2 rings (SSSR count). The smallest absolute Gasteiger partial charge is 0.339 e. The van der Waals surface area contributed by atoms with E-state index in [2.05, 4.69) is 0 Å². The van der Waals surface area contributed by atoms with Gasteiger partial charge in [0.2, 0.25) is 0 Å². The van der Waals surface area contributed by atoms with Gasteiger partial charge in [-0.25, -0.2) is 4.79 Å². The van der Waals surface area contributed by atoms with Crippen LogP contribution in [0.5, 0.6) is 0 Å². The summed E-state index contributed by atoms with van der Waals surface area (Å²) in [7, 11) is 0. The standard InChI is InChI=1S/C10H9NO2/c1-6-4-7-5-8(11)2-3-9(7)13-10(6)12/h2-5H,11H2,1H3. The largest absolute Gasteiger partial charge is 0.423 e. The van der Waals surface area contributed by atoms with Crippen LogP contribution in [0.2, 0.25) is 0 Å². The lowest BCUT2D eigenvalue weighted by Crippen LogP contribution is -2.01. The Kier molecular flexibility index (Phi) is 1.59. The highest BCUT2D eigenvalue weighted by atomic mass is 16.4. The fraction of sp³-hybridized carbons (Fsp3) is 0.100. The van der Waals surface area contributed by atoms with E-state index in [1.54, 1.807) is 31.2 Å². The molecule has 3 heteroatoms. The van der Waals surface area contributed by atoms with Crippen molar-refractivity contribution in [2.45, 2.75) is 6.92 Å². The molecule has 0 aliphatic carbocycles. The van der Waals surface area contributed by atoms with Gasteiger partial charge < -0.3 is 10.2 Å². The van der Waals surface area contributed by atoms with E-state index in [1.807, 2.05) is 0 Å². The maximum absolute atomic E-state index is 11.1. The van der Waals surface area contributed by atoms with Gasteiger partial charge in [0.05, 0.1) is 0 Å². The van der Waals surface area contributed by atoms with Crippen LogP contribution in [0.4, 0.5) is 5.69 Å². The molecule has 0 atom stereocenters. The predicted octanol–water partition coefficient (Wildman–Crippen LogP) is 1.68. The second-order valence-corrected chi connectivity index (χ2v) is 3.01. The predicted molar refractivity (Wildman–Crippen MR) is 51.6 cm³/mol. The molecular formula is C10H9NO2. The molecule has 2 N–H and O–H groups in total. The van der Waals surface area contributed by atoms with Gasteiger partial charge in [0.1, 0.15) is 5.58 Å². The van der Waals surface area contributed by atoms with Crippen LogP contribution in [0.1, 0.15) is 5.56 Å². The first-order valence-corrected chi connectivity index (χ1v) is 3.97. The summed E-state index contributed by atoms with van der Waals surface area (Å²) in [5.74, 6) is 0. The topological polar surface area (TPSA) is 56.2 Å². The molecule has 1 aromatic carbocycles. The number of hydrogen-bond donors (Lipinski definition) is 1. The summed E-state index contributed by atoms with van der Waals surface area (Å²) < 4.78 is 5.04. The highest BCUT2D eigenvalue weighted by Crippen LogP contribution is 2.16. The van der Waals surface area contributed by atoms with Crippen LogP contribution in [0.3, 0.4) is 0 Å². The Labute approximate surface area is 74.8 Å². The van der Waals surface area contributed by atoms with Gasteiger partial charge in [0.25, 0.3) is 0 Å². The van der Waals surface area contributed by atoms with E-state index in [-0.39, 0.29) is 5.63 Å². The minimum Gasteiger partial charge on any atom is -0.423 e. The fourth-order valence-corrected chi connectivity index (χ4v) is 1.25. The van der Waals surface area contributed by atoms with Crippen molar-refractivity contribution in [1.82, 2.24) is 0 Å². The Hall–Kier alpha value is -1.77. The summed E-state index contributed by atoms with van der Waals surface area (Å²) in [4.78, 5) is 11.1. The van der Waals surface area contributed by atoms with E-state index in [4.69, 9.17) is 10.2 Å². The third-order valence-electron chi connectivity index (χ3n) is 1.93. The Morgan fingerprint density at radius 3 is 2.85 bits per heavy atom. The molecule has 0 radical (unpaired) electrons. The van der Waals surface area contributed by atoms with Gasteiger partial charge in [-0.2, -0.15) is 0 Å². The highest BCUT2D eigenvalue weighted by Gasteiger charge is 2.00. The number of rotatable bonds is 0. The fourth-order valence-electron chi connectivity index (χ4n) is 1.25. The van der Waals surface area contributed by atoms with Crippen LogP contribution in [0.15, 0.2) is 33.5 Å². The van der Waals surface area contributed by atoms with Crippen LogP contribution >= 0.6 is 0 Å². The molecule has 0 bridgehead atoms. The minimum absolute atomic E-state index is 0.294. The summed E-state index contributed by atoms with van der Waals surface area (Å²) in [5, 5.41) is 0.858. The molecule has 0 fully saturated rings. The number of nitrogen functional groups attached to an aromatic ring is 1. The molecule has 1 aromatic heterocycles. The molecule has 2 aromatic rings. The maximum Gasteiger partial charge on any atom is 0.339 e. The molecule has 0 aliphatic rings. The second-order valence-electron chi connectivity index (χ2n) is 3.01. The molecule has 1 heterocycles. The van der Waals surface area contributed by atoms with E-state index in [0.717, 1.165) is 5.39 Å². The van der Waals surface area contributed by atoms with Gasteiger partial charge in [-0.05, 0) is 31.2 Å². The normalized spacial score (nSPS) is 10.5. The van der Waals surface area contributed by atoms with Crippen LogP contribution < -0.4 is 11.4 Å². The van der Waals surface area contributed by atoms with Gasteiger partial charge >= 0.3 is 5.63 Å². The van der Waals surface area contributed by atoms with Crippen LogP contribution in [-0.4, -0.2) is 0 Å². The number of benzene rings is 1. The summed E-state index contributed by atoms with van der Waals surface area (Å²) in [6.07, 6.45) is 0. The van der Waals surface area contributed by atoms with Crippen molar-refractivity contribution in [1.29, 1.82) is 0 Å². The molecule has 0 unspecified atom stereocenters. The lowest BCUT2D eigenvalue weighted by molar-refractivity contribution is 0.555. The SMILES string of the molecule is Cc1cc2cc(N)ccc2oc1=O. The molecule has 0 aliphatic heterocycles. The van der Waals surface area contributed by atoms with Crippen LogP contribution in [0.25, 0.3) is 11.0 Å². The van der Waals surface area contributed by atoms with Crippen molar-refractivity contribution in [2.24, 2.45) is 0 Å². The van der Waals surface area contributed by atoms with Gasteiger partial charge in [-0.3, -0.25) is 0 Å². The zero-order chi connectivity index (χ0) is 9.42. The first-order valence-electron chi connectivity index (χ1n) is 3.97. The van der Waals surface area contributed by atoms with Crippen molar-refractivity contribution < 1.29 is 4.42 Å². The third kappa shape index (κ3) is 1.28. The highest BCUT2D eigenvalue weighted by molar-refractivity contribution is 5.80. The van der Waals surface area contributed by atoms with E-state index in [0.29, 0.717) is 16.8 Å². The third-order valence-corrected chi connectivity index (χ3v) is 1.93. The van der Waals surface area contributed by atoms with Gasteiger partial charge in [0.15, 0.2) is 0 Å². The van der Waals surface area contributed by atoms with Gasteiger partial charge in [-0.15, -0.1) is 0 Å². The number of nitrogens with two attached hydrogens (primary N) is 1. The molecule has 3 nitrogen and oxygen atoms in total. The number of aryl methyl sites for hydroxylation is 1. The van der Waals surface area contributed by atoms with Gasteiger partial charge in [0, 0.05) is 16.6 Å². The zero-order valence-electron chi connectivity index (χ0n) is 7.20. The second kappa shape index (κ2) is 2.62. The molecule has 0 spiro atoms. The number of fused-ring (bicyclic) bond motifs is 1. The van der Waals surface area contributed by atoms with E-state index >= 15 is 0 Å². The van der Waals surface area contributed by atoms with Crippen LogP contribution in [0, 0.1) is 6.92 Å². The molecule has 66 valence electrons. The van der Waals surface area contributed by atoms with Crippen molar-refractivity contribution in [3.05, 3.63) is 40.2 Å². The van der Waals surface area contributed by atoms with E-state index < -0.39 is 0 Å². The van der Waals surface area contributed by atoms with Crippen molar-refractivity contribution in [3.63, 3.8) is 0 Å². The molecule has 0 saturated heterocycles. The van der Waals surface area contributed by atoms with Crippen molar-refractivity contribution in [2.75, 3.05) is 5.73 Å². The Morgan fingerprint density at radius 2 is 2.08 bits per heavy atom. The summed E-state index contributed by atoms with van der Waals surface area (Å²) >= 11 is 0. The number of anilines is 1. The molecule has 13 heavy (non-hydrogen) atoms. The quantitative estimate of drug-likeness (QED) is 0.489. The summed E-state index contributed by atoms with van der Waals surface area (Å²) in [6, 6.07) is 6.97. The Bertz CT molecular complexity index is 514. The average molecular weight is 175 g/mol. The molecule has 0 amide bonds. The van der Waals surface area contributed by atoms with E-state index in [9.17, 15) is 4.79 Å². The lowest BCUT2D eigenvalue weighted by atomic mass is 10.2. The Balaban J connectivity index is 2.89. The van der Waals surface area contributed by atoms with E-state index in [1.165, 1.54) is 0 Å². The Morgan fingerprint density at radius 1 is 1.31 bits per heavy atom. The first kappa shape index (κ1) is 7.86. The van der Waals surface area contributed by atoms with Crippen molar-refractivity contribution >= 4 is 16.7 Å². The minimum atomic E-state index is -0.294.